The molecule has 0 unspecified atom stereocenters. The Morgan fingerprint density at radius 2 is 1.05 bits per heavy atom. The Labute approximate surface area is 340 Å². The third-order valence-corrected chi connectivity index (χ3v) is 11.5. The molecule has 0 atom stereocenters. The molecule has 13 aromatic rings. The second kappa shape index (κ2) is 12.5. The Balaban J connectivity index is 1.12. The molecule has 0 aliphatic carbocycles. The van der Waals surface area contributed by atoms with Gasteiger partial charge in [-0.05, 0) is 54.6 Å². The van der Waals surface area contributed by atoms with E-state index >= 15 is 0 Å². The van der Waals surface area contributed by atoms with Crippen LogP contribution in [0.2, 0.25) is 0 Å². The van der Waals surface area contributed by atoms with Crippen molar-refractivity contribution in [2.24, 2.45) is 0 Å². The Hall–Kier alpha value is -8.43. The van der Waals surface area contributed by atoms with Crippen molar-refractivity contribution < 1.29 is 8.83 Å². The van der Waals surface area contributed by atoms with Gasteiger partial charge >= 0.3 is 0 Å². The molecule has 6 aromatic heterocycles. The van der Waals surface area contributed by atoms with Crippen LogP contribution < -0.4 is 0 Å². The normalized spacial score (nSPS) is 12.0. The fourth-order valence-corrected chi connectivity index (χ4v) is 8.83. The van der Waals surface area contributed by atoms with Crippen molar-refractivity contribution in [1.82, 2.24) is 34.1 Å². The molecular formula is C51H29N7O2. The van der Waals surface area contributed by atoms with E-state index in [0.717, 1.165) is 87.9 Å². The summed E-state index contributed by atoms with van der Waals surface area (Å²) >= 11 is 0. The zero-order chi connectivity index (χ0) is 39.3. The van der Waals surface area contributed by atoms with Gasteiger partial charge in [-0.25, -0.2) is 15.0 Å². The van der Waals surface area contributed by atoms with E-state index in [1.54, 1.807) is 6.20 Å². The van der Waals surface area contributed by atoms with Gasteiger partial charge in [-0.2, -0.15) is 9.97 Å². The number of oxazole rings is 1. The third-order valence-electron chi connectivity index (χ3n) is 11.5. The van der Waals surface area contributed by atoms with Gasteiger partial charge in [-0.15, -0.1) is 0 Å². The Kier molecular flexibility index (Phi) is 6.82. The van der Waals surface area contributed by atoms with E-state index < -0.39 is 0 Å². The summed E-state index contributed by atoms with van der Waals surface area (Å²) in [5.74, 6) is 2.23. The summed E-state index contributed by atoms with van der Waals surface area (Å²) in [6.45, 7) is 0. The Bertz CT molecular complexity index is 3790. The molecule has 0 fully saturated rings. The topological polar surface area (TPSA) is 101 Å². The first kappa shape index (κ1) is 32.6. The largest absolute Gasteiger partial charge is 0.438 e. The SMILES string of the molecule is c1ccc(-c2nc(-c3ccccc3)nc(-n3c4ccccc4c4ccc5c6ccccc6n(-c6cccc7nc(-c8ccc9oc%10ncccc%10c9c8)oc67)c5c43)n2)cc1. The molecule has 0 aliphatic rings. The van der Waals surface area contributed by atoms with Crippen LogP contribution in [0, 0.1) is 0 Å². The summed E-state index contributed by atoms with van der Waals surface area (Å²) in [5.41, 5.74) is 10.3. The van der Waals surface area contributed by atoms with Gasteiger partial charge in [0, 0.05) is 55.2 Å². The van der Waals surface area contributed by atoms with Crippen molar-refractivity contribution in [2.75, 3.05) is 0 Å². The van der Waals surface area contributed by atoms with E-state index in [9.17, 15) is 0 Å². The molecule has 0 radical (unpaired) electrons. The minimum Gasteiger partial charge on any atom is -0.438 e. The van der Waals surface area contributed by atoms with Gasteiger partial charge in [0.2, 0.25) is 17.6 Å². The van der Waals surface area contributed by atoms with Crippen molar-refractivity contribution >= 4 is 76.8 Å². The van der Waals surface area contributed by atoms with Crippen LogP contribution in [0.1, 0.15) is 0 Å². The number of fused-ring (bicyclic) bond motifs is 11. The van der Waals surface area contributed by atoms with E-state index in [4.69, 9.17) is 28.8 Å². The molecule has 0 saturated carbocycles. The highest BCUT2D eigenvalue weighted by atomic mass is 16.4. The van der Waals surface area contributed by atoms with Gasteiger partial charge in [-0.3, -0.25) is 4.57 Å². The van der Waals surface area contributed by atoms with Crippen LogP contribution in [0.4, 0.5) is 0 Å². The summed E-state index contributed by atoms with van der Waals surface area (Å²) in [6, 6.07) is 57.7. The lowest BCUT2D eigenvalue weighted by atomic mass is 10.1. The van der Waals surface area contributed by atoms with Gasteiger partial charge in [0.15, 0.2) is 17.2 Å². The van der Waals surface area contributed by atoms with Crippen LogP contribution in [0.5, 0.6) is 0 Å². The molecule has 0 saturated heterocycles. The summed E-state index contributed by atoms with van der Waals surface area (Å²) in [7, 11) is 0. The first-order chi connectivity index (χ1) is 29.7. The van der Waals surface area contributed by atoms with Crippen molar-refractivity contribution in [3.63, 3.8) is 0 Å². The molecule has 60 heavy (non-hydrogen) atoms. The van der Waals surface area contributed by atoms with E-state index in [2.05, 4.69) is 86.9 Å². The van der Waals surface area contributed by atoms with Crippen molar-refractivity contribution in [1.29, 1.82) is 0 Å². The van der Waals surface area contributed by atoms with Gasteiger partial charge in [-0.1, -0.05) is 115 Å². The van der Waals surface area contributed by atoms with Crippen LogP contribution in [-0.4, -0.2) is 34.1 Å². The lowest BCUT2D eigenvalue weighted by molar-refractivity contribution is 0.618. The molecule has 0 amide bonds. The number of benzene rings is 7. The van der Waals surface area contributed by atoms with E-state index in [1.807, 2.05) is 97.1 Å². The summed E-state index contributed by atoms with van der Waals surface area (Å²) < 4.78 is 17.4. The van der Waals surface area contributed by atoms with Crippen molar-refractivity contribution in [3.8, 4) is 45.9 Å². The first-order valence-corrected chi connectivity index (χ1v) is 19.8. The molecule has 9 heteroatoms. The average Bonchev–Trinajstić information content (AvgIpc) is 4.09. The Morgan fingerprint density at radius 3 is 1.77 bits per heavy atom. The highest BCUT2D eigenvalue weighted by Crippen LogP contribution is 2.43. The average molecular weight is 772 g/mol. The number of nitrogens with zero attached hydrogens (tertiary/aromatic N) is 7. The summed E-state index contributed by atoms with van der Waals surface area (Å²) in [4.78, 5) is 25.0. The van der Waals surface area contributed by atoms with Crippen LogP contribution in [0.3, 0.4) is 0 Å². The monoisotopic (exact) mass is 771 g/mol. The van der Waals surface area contributed by atoms with Gasteiger partial charge < -0.3 is 13.4 Å². The number of para-hydroxylation sites is 3. The molecule has 0 N–H and O–H groups in total. The number of furan rings is 1. The van der Waals surface area contributed by atoms with Gasteiger partial charge in [0.25, 0.3) is 0 Å². The fourth-order valence-electron chi connectivity index (χ4n) is 8.83. The minimum absolute atomic E-state index is 0.518. The second-order valence-corrected chi connectivity index (χ2v) is 14.9. The number of hydrogen-bond acceptors (Lipinski definition) is 7. The molecule has 0 spiro atoms. The number of rotatable bonds is 5. The third kappa shape index (κ3) is 4.77. The quantitative estimate of drug-likeness (QED) is 0.172. The molecule has 280 valence electrons. The van der Waals surface area contributed by atoms with Crippen molar-refractivity contribution in [2.45, 2.75) is 0 Å². The molecule has 9 nitrogen and oxygen atoms in total. The molecule has 13 rings (SSSR count). The van der Waals surface area contributed by atoms with Crippen LogP contribution in [0.25, 0.3) is 123 Å². The second-order valence-electron chi connectivity index (χ2n) is 14.9. The predicted molar refractivity (Wildman–Crippen MR) is 237 cm³/mol. The predicted octanol–water partition coefficient (Wildman–Crippen LogP) is 12.5. The zero-order valence-electron chi connectivity index (χ0n) is 31.7. The molecular weight excluding hydrogens is 743 g/mol. The number of aromatic nitrogens is 7. The van der Waals surface area contributed by atoms with Crippen LogP contribution in [0.15, 0.2) is 185 Å². The van der Waals surface area contributed by atoms with E-state index in [1.165, 1.54) is 0 Å². The highest BCUT2D eigenvalue weighted by molar-refractivity contribution is 6.24. The van der Waals surface area contributed by atoms with Crippen molar-refractivity contribution in [3.05, 3.63) is 176 Å². The highest BCUT2D eigenvalue weighted by Gasteiger charge is 2.25. The van der Waals surface area contributed by atoms with Gasteiger partial charge in [0.1, 0.15) is 11.1 Å². The number of hydrogen-bond donors (Lipinski definition) is 0. The molecule has 0 bridgehead atoms. The lowest BCUT2D eigenvalue weighted by Gasteiger charge is -2.13. The maximum absolute atomic E-state index is 6.84. The first-order valence-electron chi connectivity index (χ1n) is 19.8. The summed E-state index contributed by atoms with van der Waals surface area (Å²) in [6.07, 6.45) is 1.74. The Morgan fingerprint density at radius 1 is 0.417 bits per heavy atom. The minimum atomic E-state index is 0.518. The molecule has 7 aromatic carbocycles. The maximum Gasteiger partial charge on any atom is 0.238 e. The maximum atomic E-state index is 6.84. The zero-order valence-corrected chi connectivity index (χ0v) is 31.7. The standard InChI is InChI=1S/C51H29N7O2/c1-3-13-30(14-4-1)47-54-48(31-15-5-2-6-16-31)56-51(55-47)58-41-22-10-8-18-34(41)36-26-25-35-33-17-7-9-21-40(33)57(44(35)45(36)58)42-23-11-20-39-46(42)60-49(53-39)32-24-27-43-38(29-32)37-19-12-28-52-50(37)59-43/h1-29H. The van der Waals surface area contributed by atoms with E-state index in [0.29, 0.717) is 34.8 Å². The lowest BCUT2D eigenvalue weighted by Crippen LogP contribution is -2.07. The van der Waals surface area contributed by atoms with Crippen LogP contribution >= 0.6 is 0 Å². The molecule has 6 heterocycles. The molecule has 0 aliphatic heterocycles. The summed E-state index contributed by atoms with van der Waals surface area (Å²) in [5, 5.41) is 6.27. The smallest absolute Gasteiger partial charge is 0.238 e. The van der Waals surface area contributed by atoms with Gasteiger partial charge in [0.05, 0.1) is 27.8 Å². The van der Waals surface area contributed by atoms with E-state index in [-0.39, 0.29) is 0 Å². The fraction of sp³-hybridized carbons (Fsp3) is 0. The van der Waals surface area contributed by atoms with Crippen LogP contribution in [-0.2, 0) is 0 Å². The number of pyridine rings is 1.